The van der Waals surface area contributed by atoms with Crippen LogP contribution in [-0.2, 0) is 11.8 Å². The van der Waals surface area contributed by atoms with Gasteiger partial charge in [0, 0.05) is 74.5 Å². The van der Waals surface area contributed by atoms with Crippen LogP contribution in [0.15, 0.2) is 49.1 Å². The lowest BCUT2D eigenvalue weighted by atomic mass is 10.1. The summed E-state index contributed by atoms with van der Waals surface area (Å²) >= 11 is 0. The molecule has 1 amide bonds. The number of nitrogens with zero attached hydrogens (tertiary/aromatic N) is 7. The van der Waals surface area contributed by atoms with Gasteiger partial charge in [0.1, 0.15) is 18.2 Å². The third-order valence-corrected chi connectivity index (χ3v) is 7.74. The third-order valence-electron chi connectivity index (χ3n) is 7.74. The van der Waals surface area contributed by atoms with Gasteiger partial charge >= 0.3 is 0 Å². The number of nitrogens with one attached hydrogen (secondary N) is 4. The fraction of sp³-hybridized carbons (Fsp3) is 0.355. The SMILES string of the molecule is Cc1cnc(Nc2cc(C)n(C)n2)nc1-c1c[nH]c2c(NC(=O)CN3CCC(Oc4cc(NCCCO)ncn4)C3)cccc12. The van der Waals surface area contributed by atoms with Gasteiger partial charge in [0.25, 0.3) is 0 Å². The van der Waals surface area contributed by atoms with E-state index in [4.69, 9.17) is 14.8 Å². The van der Waals surface area contributed by atoms with Crippen LogP contribution in [0.1, 0.15) is 24.1 Å². The fourth-order valence-corrected chi connectivity index (χ4v) is 5.36. The van der Waals surface area contributed by atoms with E-state index < -0.39 is 0 Å². The van der Waals surface area contributed by atoms with Crippen LogP contribution in [0.4, 0.5) is 23.3 Å². The van der Waals surface area contributed by atoms with Crippen LogP contribution in [0.2, 0.25) is 0 Å². The van der Waals surface area contributed by atoms with Crippen molar-refractivity contribution >= 4 is 40.1 Å². The largest absolute Gasteiger partial charge is 0.473 e. The van der Waals surface area contributed by atoms with Gasteiger partial charge in [0.05, 0.1) is 23.4 Å². The second kappa shape index (κ2) is 13.3. The Balaban J connectivity index is 1.09. The van der Waals surface area contributed by atoms with Crippen molar-refractivity contribution < 1.29 is 14.6 Å². The molecule has 45 heavy (non-hydrogen) atoms. The van der Waals surface area contributed by atoms with Crippen molar-refractivity contribution in [2.24, 2.45) is 7.05 Å². The number of fused-ring (bicyclic) bond motifs is 1. The number of hydrogen-bond donors (Lipinski definition) is 5. The molecule has 5 aromatic rings. The number of amides is 1. The third kappa shape index (κ3) is 7.02. The number of rotatable bonds is 12. The maximum Gasteiger partial charge on any atom is 0.238 e. The number of aryl methyl sites for hydroxylation is 3. The molecule has 5 N–H and O–H groups in total. The molecule has 1 atom stereocenters. The molecule has 5 heterocycles. The predicted molar refractivity (Wildman–Crippen MR) is 172 cm³/mol. The number of aliphatic hydroxyl groups excluding tert-OH is 1. The maximum atomic E-state index is 13.1. The summed E-state index contributed by atoms with van der Waals surface area (Å²) in [6.45, 7) is 6.28. The highest BCUT2D eigenvalue weighted by Gasteiger charge is 2.26. The van der Waals surface area contributed by atoms with Gasteiger partial charge in [-0.2, -0.15) is 5.10 Å². The number of aliphatic hydroxyl groups is 1. The molecule has 14 heteroatoms. The molecule has 1 aromatic carbocycles. The molecule has 1 saturated heterocycles. The Morgan fingerprint density at radius 2 is 2.07 bits per heavy atom. The number of H-pyrrole nitrogens is 1. The Bertz CT molecular complexity index is 1780. The van der Waals surface area contributed by atoms with E-state index in [0.29, 0.717) is 48.7 Å². The van der Waals surface area contributed by atoms with Crippen LogP contribution in [-0.4, -0.2) is 89.5 Å². The fourth-order valence-electron chi connectivity index (χ4n) is 5.36. The van der Waals surface area contributed by atoms with Crippen LogP contribution < -0.4 is 20.7 Å². The minimum Gasteiger partial charge on any atom is -0.473 e. The first kappa shape index (κ1) is 30.0. The Hall–Kier alpha value is -5.08. The van der Waals surface area contributed by atoms with Crippen LogP contribution in [0.5, 0.6) is 5.88 Å². The smallest absolute Gasteiger partial charge is 0.238 e. The van der Waals surface area contributed by atoms with Crippen molar-refractivity contribution in [1.29, 1.82) is 0 Å². The molecule has 0 radical (unpaired) electrons. The Labute approximate surface area is 260 Å². The maximum absolute atomic E-state index is 13.1. The Kier molecular flexibility index (Phi) is 8.84. The summed E-state index contributed by atoms with van der Waals surface area (Å²) in [6.07, 6.45) is 6.49. The summed E-state index contributed by atoms with van der Waals surface area (Å²) in [7, 11) is 1.89. The van der Waals surface area contributed by atoms with Gasteiger partial charge in [-0.15, -0.1) is 0 Å². The van der Waals surface area contributed by atoms with E-state index in [0.717, 1.165) is 46.4 Å². The average Bonchev–Trinajstić information content (AvgIpc) is 3.73. The Morgan fingerprint density at radius 1 is 1.18 bits per heavy atom. The van der Waals surface area contributed by atoms with E-state index in [2.05, 4.69) is 45.9 Å². The van der Waals surface area contributed by atoms with Gasteiger partial charge in [-0.3, -0.25) is 14.4 Å². The van der Waals surface area contributed by atoms with E-state index in [9.17, 15) is 4.79 Å². The highest BCUT2D eigenvalue weighted by Crippen LogP contribution is 2.33. The van der Waals surface area contributed by atoms with Gasteiger partial charge in [-0.1, -0.05) is 12.1 Å². The van der Waals surface area contributed by atoms with Crippen molar-refractivity contribution in [3.63, 3.8) is 0 Å². The lowest BCUT2D eigenvalue weighted by Gasteiger charge is -2.17. The topological polar surface area (TPSA) is 171 Å². The molecule has 1 aliphatic rings. The molecule has 234 valence electrons. The summed E-state index contributed by atoms with van der Waals surface area (Å²) in [5.41, 5.74) is 5.17. The molecule has 14 nitrogen and oxygen atoms in total. The van der Waals surface area contributed by atoms with Crippen LogP contribution in [0.3, 0.4) is 0 Å². The molecular weight excluding hydrogens is 574 g/mol. The van der Waals surface area contributed by atoms with Crippen molar-refractivity contribution in [1.82, 2.24) is 39.6 Å². The number of aromatic nitrogens is 7. The standard InChI is InChI=1S/C31H37N11O3/c1-19-14-34-31(38-26-12-20(2)41(3)40-26)39-29(19)23-15-33-30-22(23)6-4-7-24(30)37-27(44)17-42-10-8-21(16-42)45-28-13-25(35-18-36-28)32-9-5-11-43/h4,6-7,12-15,18,21,33,43H,5,8-11,16-17H2,1-3H3,(H,37,44)(H,32,35,36)(H,34,38,39,40). The summed E-state index contributed by atoms with van der Waals surface area (Å²) in [4.78, 5) is 36.2. The normalized spacial score (nSPS) is 15.0. The van der Waals surface area contributed by atoms with Gasteiger partial charge in [-0.05, 0) is 38.3 Å². The number of carbonyl (C=O) groups is 1. The molecule has 1 fully saturated rings. The zero-order valence-corrected chi connectivity index (χ0v) is 25.5. The van der Waals surface area contributed by atoms with E-state index >= 15 is 0 Å². The van der Waals surface area contributed by atoms with Crippen molar-refractivity contribution in [2.75, 3.05) is 48.7 Å². The molecular formula is C31H37N11O3. The molecule has 0 bridgehead atoms. The summed E-state index contributed by atoms with van der Waals surface area (Å²) in [5.74, 6) is 2.16. The molecule has 6 rings (SSSR count). The monoisotopic (exact) mass is 611 g/mol. The summed E-state index contributed by atoms with van der Waals surface area (Å²) < 4.78 is 7.86. The summed E-state index contributed by atoms with van der Waals surface area (Å²) in [5, 5.41) is 23.8. The Morgan fingerprint density at radius 3 is 2.89 bits per heavy atom. The zero-order chi connectivity index (χ0) is 31.3. The number of likely N-dealkylation sites (tertiary alicyclic amines) is 1. The van der Waals surface area contributed by atoms with Crippen molar-refractivity contribution in [2.45, 2.75) is 32.8 Å². The van der Waals surface area contributed by atoms with E-state index in [-0.39, 0.29) is 25.2 Å². The predicted octanol–water partition coefficient (Wildman–Crippen LogP) is 3.39. The molecule has 1 unspecified atom stereocenters. The number of anilines is 4. The van der Waals surface area contributed by atoms with Crippen molar-refractivity contribution in [3.05, 3.63) is 60.3 Å². The van der Waals surface area contributed by atoms with Gasteiger partial charge in [0.15, 0.2) is 5.82 Å². The molecule has 0 saturated carbocycles. The minimum atomic E-state index is -0.105. The van der Waals surface area contributed by atoms with Crippen LogP contribution in [0.25, 0.3) is 22.2 Å². The number of carbonyl (C=O) groups excluding carboxylic acids is 1. The van der Waals surface area contributed by atoms with E-state index in [1.54, 1.807) is 16.9 Å². The van der Waals surface area contributed by atoms with Gasteiger partial charge in [-0.25, -0.2) is 19.9 Å². The van der Waals surface area contributed by atoms with Crippen LogP contribution in [0, 0.1) is 13.8 Å². The zero-order valence-electron chi connectivity index (χ0n) is 25.5. The number of aromatic amines is 1. The van der Waals surface area contributed by atoms with Crippen LogP contribution >= 0.6 is 0 Å². The first-order chi connectivity index (χ1) is 21.9. The highest BCUT2D eigenvalue weighted by atomic mass is 16.5. The number of hydrogen-bond acceptors (Lipinski definition) is 11. The number of ether oxygens (including phenoxy) is 1. The van der Waals surface area contributed by atoms with Crippen molar-refractivity contribution in [3.8, 4) is 17.1 Å². The summed E-state index contributed by atoms with van der Waals surface area (Å²) in [6, 6.07) is 9.51. The van der Waals surface area contributed by atoms with Gasteiger partial charge < -0.3 is 30.8 Å². The second-order valence-electron chi connectivity index (χ2n) is 11.1. The highest BCUT2D eigenvalue weighted by molar-refractivity contribution is 6.06. The number of para-hydroxylation sites is 1. The van der Waals surface area contributed by atoms with E-state index in [1.807, 2.05) is 51.4 Å². The lowest BCUT2D eigenvalue weighted by molar-refractivity contribution is -0.117. The first-order valence-corrected chi connectivity index (χ1v) is 14.9. The van der Waals surface area contributed by atoms with E-state index in [1.165, 1.54) is 6.33 Å². The molecule has 0 spiro atoms. The molecule has 4 aromatic heterocycles. The average molecular weight is 612 g/mol. The second-order valence-corrected chi connectivity index (χ2v) is 11.1. The van der Waals surface area contributed by atoms with Gasteiger partial charge in [0.2, 0.25) is 17.7 Å². The minimum absolute atomic E-state index is 0.0791. The molecule has 1 aliphatic heterocycles. The molecule has 0 aliphatic carbocycles. The lowest BCUT2D eigenvalue weighted by Crippen LogP contribution is -2.33. The number of benzene rings is 1. The quantitative estimate of drug-likeness (QED) is 0.131. The first-order valence-electron chi connectivity index (χ1n) is 14.9.